The zero-order chi connectivity index (χ0) is 13.6. The van der Waals surface area contributed by atoms with Gasteiger partial charge in [0.1, 0.15) is 5.54 Å². The molecular weight excluding hydrogens is 240 g/mol. The number of nitrogens with one attached hydrogen (secondary N) is 2. The molecule has 0 spiro atoms. The number of nitrogens with zero attached hydrogens (tertiary/aromatic N) is 2. The Labute approximate surface area is 104 Å². The smallest absolute Gasteiger partial charge is 0.329 e. The third-order valence-electron chi connectivity index (χ3n) is 2.43. The van der Waals surface area contributed by atoms with Gasteiger partial charge in [0.2, 0.25) is 6.39 Å². The van der Waals surface area contributed by atoms with Crippen LogP contribution in [0.4, 0.5) is 4.79 Å². The van der Waals surface area contributed by atoms with E-state index in [0.717, 1.165) is 6.39 Å². The minimum absolute atomic E-state index is 0.0736. The van der Waals surface area contributed by atoms with Gasteiger partial charge in [0, 0.05) is 0 Å². The van der Waals surface area contributed by atoms with Crippen LogP contribution in [0.3, 0.4) is 0 Å². The Hall–Kier alpha value is -2.12. The number of rotatable bonds is 6. The van der Waals surface area contributed by atoms with Crippen LogP contribution in [-0.4, -0.2) is 32.8 Å². The first-order chi connectivity index (χ1) is 8.48. The van der Waals surface area contributed by atoms with E-state index >= 15 is 0 Å². The summed E-state index contributed by atoms with van der Waals surface area (Å²) < 4.78 is 4.50. The average Bonchev–Trinajstić information content (AvgIpc) is 2.79. The zero-order valence-corrected chi connectivity index (χ0v) is 10.3. The summed E-state index contributed by atoms with van der Waals surface area (Å²) in [5.74, 6) is -0.753. The normalized spacial score (nSPS) is 13.7. The number of aliphatic carboxylic acids is 1. The minimum Gasteiger partial charge on any atom is -0.480 e. The van der Waals surface area contributed by atoms with E-state index in [2.05, 4.69) is 25.3 Å². The number of hydrogen-bond acceptors (Lipinski definition) is 5. The molecule has 8 heteroatoms. The van der Waals surface area contributed by atoms with Crippen LogP contribution in [0.2, 0.25) is 0 Å². The quantitative estimate of drug-likeness (QED) is 0.682. The molecule has 0 fully saturated rings. The van der Waals surface area contributed by atoms with Gasteiger partial charge in [-0.3, -0.25) is 0 Å². The first-order valence-corrected chi connectivity index (χ1v) is 5.52. The first kappa shape index (κ1) is 13.9. The second-order valence-electron chi connectivity index (χ2n) is 4.04. The van der Waals surface area contributed by atoms with Crippen molar-refractivity contribution in [3.8, 4) is 0 Å². The molecule has 1 rings (SSSR count). The van der Waals surface area contributed by atoms with Crippen LogP contribution < -0.4 is 10.6 Å². The van der Waals surface area contributed by atoms with E-state index in [1.165, 1.54) is 6.92 Å². The largest absolute Gasteiger partial charge is 0.480 e. The summed E-state index contributed by atoms with van der Waals surface area (Å²) in [4.78, 5) is 26.4. The number of carboxylic acid groups (broad SMARTS) is 1. The van der Waals surface area contributed by atoms with Gasteiger partial charge >= 0.3 is 12.0 Å². The van der Waals surface area contributed by atoms with E-state index in [0.29, 0.717) is 18.7 Å². The van der Waals surface area contributed by atoms with Crippen molar-refractivity contribution in [2.75, 3.05) is 0 Å². The summed E-state index contributed by atoms with van der Waals surface area (Å²) in [6, 6.07) is -0.585. The maximum atomic E-state index is 11.6. The average molecular weight is 256 g/mol. The van der Waals surface area contributed by atoms with Gasteiger partial charge < -0.3 is 20.3 Å². The van der Waals surface area contributed by atoms with Crippen molar-refractivity contribution in [2.24, 2.45) is 0 Å². The van der Waals surface area contributed by atoms with Gasteiger partial charge in [-0.05, 0) is 13.3 Å². The molecule has 0 saturated heterocycles. The number of carboxylic acids is 1. The predicted molar refractivity (Wildman–Crippen MR) is 60.6 cm³/mol. The minimum atomic E-state index is -1.28. The molecule has 100 valence electrons. The monoisotopic (exact) mass is 256 g/mol. The highest BCUT2D eigenvalue weighted by Gasteiger charge is 2.33. The molecule has 0 aliphatic heterocycles. The number of carbonyl (C=O) groups is 2. The van der Waals surface area contributed by atoms with Crippen molar-refractivity contribution >= 4 is 12.0 Å². The standard InChI is InChI=1S/C10H16N4O4/c1-3-4-10(2,8(15)16)13-9(17)11-5-7-12-6-18-14-7/h6H,3-5H2,1-2H3,(H,15,16)(H2,11,13,17). The molecule has 1 unspecified atom stereocenters. The Bertz CT molecular complexity index is 406. The molecule has 1 heterocycles. The SMILES string of the molecule is CCCC(C)(NC(=O)NCc1ncon1)C(=O)O. The molecule has 8 nitrogen and oxygen atoms in total. The van der Waals surface area contributed by atoms with E-state index in [9.17, 15) is 9.59 Å². The van der Waals surface area contributed by atoms with Crippen molar-refractivity contribution in [1.29, 1.82) is 0 Å². The molecule has 1 aromatic heterocycles. The Morgan fingerprint density at radius 3 is 2.78 bits per heavy atom. The molecule has 3 N–H and O–H groups in total. The number of hydrogen-bond donors (Lipinski definition) is 3. The van der Waals surface area contributed by atoms with Gasteiger partial charge in [-0.2, -0.15) is 4.98 Å². The molecule has 0 aliphatic rings. The lowest BCUT2D eigenvalue weighted by atomic mass is 9.97. The fourth-order valence-corrected chi connectivity index (χ4v) is 1.45. The van der Waals surface area contributed by atoms with Crippen molar-refractivity contribution in [3.63, 3.8) is 0 Å². The molecule has 2 amide bonds. The Morgan fingerprint density at radius 2 is 2.28 bits per heavy atom. The molecule has 18 heavy (non-hydrogen) atoms. The zero-order valence-electron chi connectivity index (χ0n) is 10.3. The number of carbonyl (C=O) groups excluding carboxylic acids is 1. The summed E-state index contributed by atoms with van der Waals surface area (Å²) in [6.45, 7) is 3.39. The van der Waals surface area contributed by atoms with Crippen molar-refractivity contribution in [3.05, 3.63) is 12.2 Å². The van der Waals surface area contributed by atoms with Crippen molar-refractivity contribution in [2.45, 2.75) is 38.8 Å². The predicted octanol–water partition coefficient (Wildman–Crippen LogP) is 0.512. The lowest BCUT2D eigenvalue weighted by Crippen LogP contribution is -2.55. The highest BCUT2D eigenvalue weighted by molar-refractivity contribution is 5.85. The summed E-state index contributed by atoms with van der Waals surface area (Å²) in [6.07, 6.45) is 2.14. The van der Waals surface area contributed by atoms with Gasteiger partial charge in [-0.1, -0.05) is 18.5 Å². The van der Waals surface area contributed by atoms with Crippen LogP contribution >= 0.6 is 0 Å². The van der Waals surface area contributed by atoms with Crippen LogP contribution in [0.1, 0.15) is 32.5 Å². The fourth-order valence-electron chi connectivity index (χ4n) is 1.45. The number of aromatic nitrogens is 2. The summed E-state index contributed by atoms with van der Waals surface area (Å²) in [5.41, 5.74) is -1.28. The molecule has 1 aromatic rings. The van der Waals surface area contributed by atoms with E-state index in [1.807, 2.05) is 6.92 Å². The van der Waals surface area contributed by atoms with E-state index < -0.39 is 17.5 Å². The van der Waals surface area contributed by atoms with Gasteiger partial charge in [-0.25, -0.2) is 9.59 Å². The molecule has 0 bridgehead atoms. The van der Waals surface area contributed by atoms with Crippen LogP contribution in [0.15, 0.2) is 10.9 Å². The lowest BCUT2D eigenvalue weighted by molar-refractivity contribution is -0.144. The molecule has 0 radical (unpaired) electrons. The molecular formula is C10H16N4O4. The van der Waals surface area contributed by atoms with Gasteiger partial charge in [-0.15, -0.1) is 0 Å². The molecule has 0 aromatic carbocycles. The molecule has 0 saturated carbocycles. The van der Waals surface area contributed by atoms with E-state index in [4.69, 9.17) is 5.11 Å². The summed E-state index contributed by atoms with van der Waals surface area (Å²) >= 11 is 0. The highest BCUT2D eigenvalue weighted by Crippen LogP contribution is 2.12. The Morgan fingerprint density at radius 1 is 1.56 bits per heavy atom. The van der Waals surface area contributed by atoms with Gasteiger partial charge in [0.15, 0.2) is 5.82 Å². The second kappa shape index (κ2) is 5.99. The van der Waals surface area contributed by atoms with Crippen LogP contribution in [0.5, 0.6) is 0 Å². The molecule has 0 aliphatic carbocycles. The van der Waals surface area contributed by atoms with E-state index in [1.54, 1.807) is 0 Å². The fraction of sp³-hybridized carbons (Fsp3) is 0.600. The Balaban J connectivity index is 2.49. The number of urea groups is 1. The van der Waals surface area contributed by atoms with Crippen LogP contribution in [0, 0.1) is 0 Å². The third kappa shape index (κ3) is 3.72. The second-order valence-corrected chi connectivity index (χ2v) is 4.04. The number of amides is 2. The maximum absolute atomic E-state index is 11.6. The van der Waals surface area contributed by atoms with E-state index in [-0.39, 0.29) is 6.54 Å². The van der Waals surface area contributed by atoms with Crippen molar-refractivity contribution in [1.82, 2.24) is 20.8 Å². The lowest BCUT2D eigenvalue weighted by Gasteiger charge is -2.25. The van der Waals surface area contributed by atoms with Crippen LogP contribution in [0.25, 0.3) is 0 Å². The summed E-state index contributed by atoms with van der Waals surface area (Å²) in [7, 11) is 0. The maximum Gasteiger partial charge on any atom is 0.329 e. The topological polar surface area (TPSA) is 117 Å². The summed E-state index contributed by atoms with van der Waals surface area (Å²) in [5, 5.41) is 17.5. The molecule has 1 atom stereocenters. The van der Waals surface area contributed by atoms with Crippen LogP contribution in [-0.2, 0) is 11.3 Å². The Kier molecular flexibility index (Phi) is 4.64. The van der Waals surface area contributed by atoms with Gasteiger partial charge in [0.25, 0.3) is 0 Å². The first-order valence-electron chi connectivity index (χ1n) is 5.52. The highest BCUT2D eigenvalue weighted by atomic mass is 16.5. The van der Waals surface area contributed by atoms with Gasteiger partial charge in [0.05, 0.1) is 6.54 Å². The third-order valence-corrected chi connectivity index (χ3v) is 2.43. The van der Waals surface area contributed by atoms with Crippen molar-refractivity contribution < 1.29 is 19.2 Å².